The van der Waals surface area contributed by atoms with Gasteiger partial charge >= 0.3 is 5.97 Å². The molecule has 0 spiro atoms. The molecule has 0 bridgehead atoms. The standard InChI is InChI=1S/C10H7NO2.C9H7N/c12-10(13)8-3-1-5-9-7(8)4-2-6-11-9;1-2-6-9-8(4-1)5-3-7-10-9/h1-6H,(H,12,13);1-7H. The van der Waals surface area contributed by atoms with Crippen LogP contribution in [0.1, 0.15) is 10.4 Å². The monoisotopic (exact) mass is 302 g/mol. The number of aromatic nitrogens is 2. The normalized spacial score (nSPS) is 10.1. The van der Waals surface area contributed by atoms with Crippen LogP contribution in [-0.2, 0) is 0 Å². The lowest BCUT2D eigenvalue weighted by Gasteiger charge is -1.99. The molecule has 0 amide bonds. The van der Waals surface area contributed by atoms with Crippen LogP contribution in [0.4, 0.5) is 0 Å². The minimum atomic E-state index is -0.918. The summed E-state index contributed by atoms with van der Waals surface area (Å²) in [6, 6.07) is 20.6. The summed E-state index contributed by atoms with van der Waals surface area (Å²) in [7, 11) is 0. The van der Waals surface area contributed by atoms with Gasteiger partial charge in [0.1, 0.15) is 0 Å². The Balaban J connectivity index is 0.000000140. The summed E-state index contributed by atoms with van der Waals surface area (Å²) in [6.45, 7) is 0. The first-order chi connectivity index (χ1) is 11.3. The maximum absolute atomic E-state index is 10.8. The average molecular weight is 302 g/mol. The molecule has 4 heteroatoms. The molecule has 23 heavy (non-hydrogen) atoms. The third kappa shape index (κ3) is 3.32. The number of fused-ring (bicyclic) bond motifs is 2. The van der Waals surface area contributed by atoms with Crippen LogP contribution in [0.5, 0.6) is 0 Å². The molecule has 4 aromatic rings. The van der Waals surface area contributed by atoms with E-state index >= 15 is 0 Å². The van der Waals surface area contributed by atoms with E-state index in [-0.39, 0.29) is 0 Å². The highest BCUT2D eigenvalue weighted by Crippen LogP contribution is 2.15. The van der Waals surface area contributed by atoms with Gasteiger partial charge in [0.2, 0.25) is 0 Å². The molecule has 0 saturated heterocycles. The zero-order valence-corrected chi connectivity index (χ0v) is 12.3. The largest absolute Gasteiger partial charge is 0.478 e. The van der Waals surface area contributed by atoms with Gasteiger partial charge in [-0.25, -0.2) is 4.79 Å². The van der Waals surface area contributed by atoms with E-state index in [0.717, 1.165) is 5.52 Å². The quantitative estimate of drug-likeness (QED) is 0.573. The summed E-state index contributed by atoms with van der Waals surface area (Å²) < 4.78 is 0. The van der Waals surface area contributed by atoms with E-state index in [2.05, 4.69) is 22.1 Å². The maximum Gasteiger partial charge on any atom is 0.336 e. The minimum absolute atomic E-state index is 0.297. The van der Waals surface area contributed by atoms with Crippen molar-refractivity contribution in [3.8, 4) is 0 Å². The predicted octanol–water partition coefficient (Wildman–Crippen LogP) is 4.17. The zero-order chi connectivity index (χ0) is 16.1. The second kappa shape index (κ2) is 6.66. The molecule has 2 aromatic carbocycles. The topological polar surface area (TPSA) is 63.1 Å². The Labute approximate surface area is 133 Å². The first-order valence-corrected chi connectivity index (χ1v) is 7.12. The molecule has 2 heterocycles. The van der Waals surface area contributed by atoms with Crippen molar-refractivity contribution < 1.29 is 9.90 Å². The lowest BCUT2D eigenvalue weighted by Crippen LogP contribution is -1.97. The highest BCUT2D eigenvalue weighted by Gasteiger charge is 2.06. The van der Waals surface area contributed by atoms with E-state index < -0.39 is 5.97 Å². The molecule has 1 N–H and O–H groups in total. The first kappa shape index (κ1) is 14.7. The third-order valence-corrected chi connectivity index (χ3v) is 3.39. The van der Waals surface area contributed by atoms with Crippen LogP contribution in [0.3, 0.4) is 0 Å². The van der Waals surface area contributed by atoms with Gasteiger partial charge in [-0.15, -0.1) is 0 Å². The van der Waals surface area contributed by atoms with Crippen LogP contribution in [0, 0.1) is 0 Å². The van der Waals surface area contributed by atoms with Gasteiger partial charge < -0.3 is 5.11 Å². The number of rotatable bonds is 1. The second-order valence-corrected chi connectivity index (χ2v) is 4.88. The number of carboxylic acid groups (broad SMARTS) is 1. The third-order valence-electron chi connectivity index (χ3n) is 3.39. The van der Waals surface area contributed by atoms with Crippen molar-refractivity contribution in [3.05, 3.63) is 84.7 Å². The Morgan fingerprint density at radius 3 is 2.17 bits per heavy atom. The molecule has 0 radical (unpaired) electrons. The molecule has 0 saturated carbocycles. The summed E-state index contributed by atoms with van der Waals surface area (Å²) in [4.78, 5) is 19.0. The number of hydrogen-bond donors (Lipinski definition) is 1. The molecule has 0 aliphatic rings. The number of nitrogens with zero attached hydrogens (tertiary/aromatic N) is 2. The van der Waals surface area contributed by atoms with Gasteiger partial charge in [0.15, 0.2) is 0 Å². The molecule has 0 unspecified atom stereocenters. The summed E-state index contributed by atoms with van der Waals surface area (Å²) in [5.41, 5.74) is 2.07. The fraction of sp³-hybridized carbons (Fsp3) is 0. The lowest BCUT2D eigenvalue weighted by molar-refractivity contribution is 0.0699. The molecule has 0 aliphatic carbocycles. The second-order valence-electron chi connectivity index (χ2n) is 4.88. The van der Waals surface area contributed by atoms with Gasteiger partial charge in [0.05, 0.1) is 16.6 Å². The van der Waals surface area contributed by atoms with E-state index in [0.29, 0.717) is 16.5 Å². The van der Waals surface area contributed by atoms with Crippen molar-refractivity contribution in [2.75, 3.05) is 0 Å². The number of benzene rings is 2. The first-order valence-electron chi connectivity index (χ1n) is 7.12. The van der Waals surface area contributed by atoms with Crippen molar-refractivity contribution in [2.24, 2.45) is 0 Å². The van der Waals surface area contributed by atoms with Crippen LogP contribution in [0.2, 0.25) is 0 Å². The molecule has 0 fully saturated rings. The molecular formula is C19H14N2O2. The number of carboxylic acids is 1. The number of pyridine rings is 2. The summed E-state index contributed by atoms with van der Waals surface area (Å²) in [6.07, 6.45) is 3.45. The Kier molecular flexibility index (Phi) is 4.25. The van der Waals surface area contributed by atoms with E-state index in [1.807, 2.05) is 30.5 Å². The van der Waals surface area contributed by atoms with Gasteiger partial charge in [-0.2, -0.15) is 0 Å². The van der Waals surface area contributed by atoms with Crippen molar-refractivity contribution in [1.29, 1.82) is 0 Å². The van der Waals surface area contributed by atoms with Crippen molar-refractivity contribution in [3.63, 3.8) is 0 Å². The zero-order valence-electron chi connectivity index (χ0n) is 12.3. The summed E-state index contributed by atoms with van der Waals surface area (Å²) in [5, 5.41) is 10.7. The Bertz CT molecular complexity index is 896. The Hall–Kier alpha value is -3.27. The summed E-state index contributed by atoms with van der Waals surface area (Å²) in [5.74, 6) is -0.918. The Morgan fingerprint density at radius 2 is 1.39 bits per heavy atom. The minimum Gasteiger partial charge on any atom is -0.478 e. The molecule has 0 atom stereocenters. The van der Waals surface area contributed by atoms with Gasteiger partial charge in [-0.3, -0.25) is 9.97 Å². The van der Waals surface area contributed by atoms with Gasteiger partial charge in [-0.05, 0) is 30.3 Å². The van der Waals surface area contributed by atoms with E-state index in [4.69, 9.17) is 5.11 Å². The van der Waals surface area contributed by atoms with Crippen molar-refractivity contribution >= 4 is 27.8 Å². The van der Waals surface area contributed by atoms with Crippen LogP contribution in [-0.4, -0.2) is 21.0 Å². The van der Waals surface area contributed by atoms with E-state index in [1.54, 1.807) is 36.5 Å². The number of carbonyl (C=O) groups is 1. The number of hydrogen-bond acceptors (Lipinski definition) is 3. The molecule has 0 aliphatic heterocycles. The fourth-order valence-corrected chi connectivity index (χ4v) is 2.31. The van der Waals surface area contributed by atoms with Crippen LogP contribution < -0.4 is 0 Å². The highest BCUT2D eigenvalue weighted by molar-refractivity contribution is 6.02. The molecule has 112 valence electrons. The van der Waals surface area contributed by atoms with Crippen molar-refractivity contribution in [1.82, 2.24) is 9.97 Å². The van der Waals surface area contributed by atoms with Crippen LogP contribution in [0.25, 0.3) is 21.8 Å². The lowest BCUT2D eigenvalue weighted by atomic mass is 10.1. The SMILES string of the molecule is O=C(O)c1cccc2ncccc12.c1ccc2ncccc2c1. The smallest absolute Gasteiger partial charge is 0.336 e. The summed E-state index contributed by atoms with van der Waals surface area (Å²) >= 11 is 0. The molecule has 2 aromatic heterocycles. The molecule has 4 nitrogen and oxygen atoms in total. The number of para-hydroxylation sites is 1. The van der Waals surface area contributed by atoms with E-state index in [1.165, 1.54) is 5.39 Å². The Morgan fingerprint density at radius 1 is 0.739 bits per heavy atom. The fourth-order valence-electron chi connectivity index (χ4n) is 2.31. The molecule has 4 rings (SSSR count). The average Bonchev–Trinajstić information content (AvgIpc) is 2.62. The van der Waals surface area contributed by atoms with Gasteiger partial charge in [-0.1, -0.05) is 36.4 Å². The van der Waals surface area contributed by atoms with Crippen LogP contribution in [0.15, 0.2) is 79.1 Å². The van der Waals surface area contributed by atoms with Crippen LogP contribution >= 0.6 is 0 Å². The van der Waals surface area contributed by atoms with Crippen molar-refractivity contribution in [2.45, 2.75) is 0 Å². The van der Waals surface area contributed by atoms with Gasteiger partial charge in [0, 0.05) is 23.2 Å². The number of aromatic carboxylic acids is 1. The van der Waals surface area contributed by atoms with Gasteiger partial charge in [0.25, 0.3) is 0 Å². The molecular weight excluding hydrogens is 288 g/mol. The predicted molar refractivity (Wildman–Crippen MR) is 90.4 cm³/mol. The highest BCUT2D eigenvalue weighted by atomic mass is 16.4. The maximum atomic E-state index is 10.8. The van der Waals surface area contributed by atoms with E-state index in [9.17, 15) is 4.79 Å².